The van der Waals surface area contributed by atoms with Crippen LogP contribution in [0.5, 0.6) is 0 Å². The summed E-state index contributed by atoms with van der Waals surface area (Å²) in [7, 11) is 2.21. The molecule has 2 heteroatoms. The van der Waals surface area contributed by atoms with Gasteiger partial charge in [0.1, 0.15) is 0 Å². The second-order valence-electron chi connectivity index (χ2n) is 5.91. The van der Waals surface area contributed by atoms with Crippen LogP contribution in [0.1, 0.15) is 37.3 Å². The van der Waals surface area contributed by atoms with Crippen LogP contribution >= 0.6 is 0 Å². The summed E-state index contributed by atoms with van der Waals surface area (Å²) in [5, 5.41) is 0. The molecule has 2 nitrogen and oxygen atoms in total. The first-order valence-corrected chi connectivity index (χ1v) is 6.54. The molecule has 2 heterocycles. The molecule has 2 atom stereocenters. The van der Waals surface area contributed by atoms with Crippen LogP contribution in [-0.2, 0) is 10.3 Å². The van der Waals surface area contributed by atoms with E-state index in [-0.39, 0.29) is 5.60 Å². The predicted molar refractivity (Wildman–Crippen MR) is 69.2 cm³/mol. The van der Waals surface area contributed by atoms with Crippen molar-refractivity contribution in [2.75, 3.05) is 20.1 Å². The van der Waals surface area contributed by atoms with E-state index < -0.39 is 0 Å². The molecule has 0 unspecified atom stereocenters. The summed E-state index contributed by atoms with van der Waals surface area (Å²) < 4.78 is 6.33. The zero-order valence-electron chi connectivity index (χ0n) is 10.9. The van der Waals surface area contributed by atoms with Crippen molar-refractivity contribution in [3.05, 3.63) is 35.4 Å². The van der Waals surface area contributed by atoms with Crippen LogP contribution in [0.2, 0.25) is 0 Å². The molecule has 1 aromatic rings. The molecule has 3 rings (SSSR count). The van der Waals surface area contributed by atoms with Gasteiger partial charge in [-0.15, -0.1) is 0 Å². The van der Waals surface area contributed by atoms with Crippen molar-refractivity contribution in [1.82, 2.24) is 4.90 Å². The molecule has 17 heavy (non-hydrogen) atoms. The summed E-state index contributed by atoms with van der Waals surface area (Å²) in [5.74, 6) is 0.554. The number of likely N-dealkylation sites (N-methyl/N-ethyl adjacent to an activating group) is 1. The minimum Gasteiger partial charge on any atom is -0.367 e. The van der Waals surface area contributed by atoms with Crippen LogP contribution in [0.4, 0.5) is 0 Å². The predicted octanol–water partition coefficient (Wildman–Crippen LogP) is 2.74. The number of piperidine rings is 1. The van der Waals surface area contributed by atoms with E-state index in [4.69, 9.17) is 4.74 Å². The van der Waals surface area contributed by atoms with E-state index in [1.165, 1.54) is 11.1 Å². The number of ether oxygens (including phenoxy) is 1. The van der Waals surface area contributed by atoms with Crippen molar-refractivity contribution in [1.29, 1.82) is 0 Å². The van der Waals surface area contributed by atoms with E-state index >= 15 is 0 Å². The number of likely N-dealkylation sites (tertiary alicyclic amines) is 1. The monoisotopic (exact) mass is 231 g/mol. The van der Waals surface area contributed by atoms with Gasteiger partial charge in [0.05, 0.1) is 11.7 Å². The van der Waals surface area contributed by atoms with Crippen molar-refractivity contribution in [2.24, 2.45) is 0 Å². The summed E-state index contributed by atoms with van der Waals surface area (Å²) in [6, 6.07) is 8.79. The molecular formula is C15H21NO. The van der Waals surface area contributed by atoms with E-state index in [2.05, 4.69) is 50.1 Å². The quantitative estimate of drug-likeness (QED) is 0.680. The van der Waals surface area contributed by atoms with Gasteiger partial charge in [-0.3, -0.25) is 0 Å². The van der Waals surface area contributed by atoms with Gasteiger partial charge in [-0.05, 0) is 38.4 Å². The molecule has 1 saturated heterocycles. The van der Waals surface area contributed by atoms with Crippen LogP contribution in [-0.4, -0.2) is 31.1 Å². The lowest BCUT2D eigenvalue weighted by Crippen LogP contribution is -2.47. The Labute approximate surface area is 104 Å². The fourth-order valence-corrected chi connectivity index (χ4v) is 3.34. The maximum Gasteiger partial charge on any atom is 0.0882 e. The largest absolute Gasteiger partial charge is 0.367 e. The molecule has 0 aromatic heterocycles. The number of rotatable bonds is 0. The summed E-state index contributed by atoms with van der Waals surface area (Å²) in [6.45, 7) is 6.66. The molecule has 92 valence electrons. The minimum atomic E-state index is -0.131. The number of fused-ring (bicyclic) bond motifs is 3. The van der Waals surface area contributed by atoms with Gasteiger partial charge in [0.15, 0.2) is 0 Å². The summed E-state index contributed by atoms with van der Waals surface area (Å²) in [5.41, 5.74) is 2.74. The lowest BCUT2D eigenvalue weighted by Gasteiger charge is -2.47. The standard InChI is InChI=1S/C15H21NO/c1-15(2)13-7-5-4-6-11(13)12-10-16(3)9-8-14(12)17-15/h4-7,12,14H,8-10H2,1-3H3/t12-,14+/m1/s1. The number of benzene rings is 1. The molecule has 1 aromatic carbocycles. The average molecular weight is 231 g/mol. The van der Waals surface area contributed by atoms with E-state index in [9.17, 15) is 0 Å². The Bertz CT molecular complexity index is 427. The number of hydrogen-bond acceptors (Lipinski definition) is 2. The Balaban J connectivity index is 2.06. The van der Waals surface area contributed by atoms with Crippen molar-refractivity contribution in [2.45, 2.75) is 37.9 Å². The minimum absolute atomic E-state index is 0.131. The van der Waals surface area contributed by atoms with Gasteiger partial charge in [-0.25, -0.2) is 0 Å². The number of nitrogens with zero attached hydrogens (tertiary/aromatic N) is 1. The summed E-state index contributed by atoms with van der Waals surface area (Å²) in [6.07, 6.45) is 1.55. The second kappa shape index (κ2) is 3.82. The molecule has 0 spiro atoms. The Morgan fingerprint density at radius 3 is 2.88 bits per heavy atom. The molecule has 0 radical (unpaired) electrons. The van der Waals surface area contributed by atoms with E-state index in [1.807, 2.05) is 0 Å². The van der Waals surface area contributed by atoms with Gasteiger partial charge >= 0.3 is 0 Å². The highest BCUT2D eigenvalue weighted by atomic mass is 16.5. The molecular weight excluding hydrogens is 210 g/mol. The topological polar surface area (TPSA) is 12.5 Å². The van der Waals surface area contributed by atoms with Crippen LogP contribution in [0, 0.1) is 0 Å². The van der Waals surface area contributed by atoms with Gasteiger partial charge < -0.3 is 9.64 Å². The molecule has 2 aliphatic heterocycles. The van der Waals surface area contributed by atoms with Crippen LogP contribution < -0.4 is 0 Å². The third-order valence-electron chi connectivity index (χ3n) is 4.21. The summed E-state index contributed by atoms with van der Waals surface area (Å²) >= 11 is 0. The first-order chi connectivity index (χ1) is 8.08. The normalized spacial score (nSPS) is 31.7. The fraction of sp³-hybridized carbons (Fsp3) is 0.600. The Hall–Kier alpha value is -0.860. The third-order valence-corrected chi connectivity index (χ3v) is 4.21. The van der Waals surface area contributed by atoms with Crippen LogP contribution in [0.3, 0.4) is 0 Å². The van der Waals surface area contributed by atoms with Gasteiger partial charge in [-0.2, -0.15) is 0 Å². The first kappa shape index (κ1) is 11.2. The molecule has 0 bridgehead atoms. The maximum atomic E-state index is 6.33. The van der Waals surface area contributed by atoms with Gasteiger partial charge in [0.2, 0.25) is 0 Å². The molecule has 1 fully saturated rings. The van der Waals surface area contributed by atoms with Crippen molar-refractivity contribution < 1.29 is 4.74 Å². The second-order valence-corrected chi connectivity index (χ2v) is 5.91. The third kappa shape index (κ3) is 1.80. The van der Waals surface area contributed by atoms with Crippen LogP contribution in [0.25, 0.3) is 0 Å². The first-order valence-electron chi connectivity index (χ1n) is 6.54. The lowest BCUT2D eigenvalue weighted by atomic mass is 9.78. The maximum absolute atomic E-state index is 6.33. The molecule has 0 N–H and O–H groups in total. The molecule has 0 amide bonds. The van der Waals surface area contributed by atoms with Gasteiger partial charge in [0, 0.05) is 19.0 Å². The SMILES string of the molecule is CN1CC[C@@H]2OC(C)(C)c3ccccc3[C@H]2C1. The Kier molecular flexibility index (Phi) is 2.53. The van der Waals surface area contributed by atoms with Crippen molar-refractivity contribution in [3.8, 4) is 0 Å². The fourth-order valence-electron chi connectivity index (χ4n) is 3.34. The van der Waals surface area contributed by atoms with E-state index in [0.29, 0.717) is 12.0 Å². The van der Waals surface area contributed by atoms with E-state index in [1.54, 1.807) is 0 Å². The van der Waals surface area contributed by atoms with Crippen molar-refractivity contribution in [3.63, 3.8) is 0 Å². The molecule has 2 aliphatic rings. The average Bonchev–Trinajstić information content (AvgIpc) is 2.30. The highest BCUT2D eigenvalue weighted by Gasteiger charge is 2.41. The molecule has 0 saturated carbocycles. The van der Waals surface area contributed by atoms with E-state index in [0.717, 1.165) is 19.5 Å². The zero-order chi connectivity index (χ0) is 12.0. The molecule has 0 aliphatic carbocycles. The highest BCUT2D eigenvalue weighted by molar-refractivity contribution is 5.38. The highest BCUT2D eigenvalue weighted by Crippen LogP contribution is 2.43. The smallest absolute Gasteiger partial charge is 0.0882 e. The Morgan fingerprint density at radius 2 is 2.06 bits per heavy atom. The lowest BCUT2D eigenvalue weighted by molar-refractivity contribution is -0.118. The van der Waals surface area contributed by atoms with Crippen molar-refractivity contribution >= 4 is 0 Å². The Morgan fingerprint density at radius 1 is 1.29 bits per heavy atom. The number of hydrogen-bond donors (Lipinski definition) is 0. The summed E-state index contributed by atoms with van der Waals surface area (Å²) in [4.78, 5) is 2.42. The van der Waals surface area contributed by atoms with Gasteiger partial charge in [0.25, 0.3) is 0 Å². The van der Waals surface area contributed by atoms with Crippen LogP contribution in [0.15, 0.2) is 24.3 Å². The van der Waals surface area contributed by atoms with Gasteiger partial charge in [-0.1, -0.05) is 24.3 Å². The zero-order valence-corrected chi connectivity index (χ0v) is 10.9.